The Morgan fingerprint density at radius 2 is 2.00 bits per heavy atom. The number of amides is 1. The maximum Gasteiger partial charge on any atom is 0.335 e. The molecule has 134 valence electrons. The number of carboxylic acids is 1. The lowest BCUT2D eigenvalue weighted by Gasteiger charge is -2.17. The minimum atomic E-state index is -1.01. The van der Waals surface area contributed by atoms with E-state index in [0.717, 1.165) is 27.3 Å². The topological polar surface area (TPSA) is 99.4 Å². The van der Waals surface area contributed by atoms with Crippen LogP contribution in [0.5, 0.6) is 0 Å². The molecule has 0 spiro atoms. The van der Waals surface area contributed by atoms with E-state index in [2.05, 4.69) is 4.98 Å². The van der Waals surface area contributed by atoms with Gasteiger partial charge in [0.2, 0.25) is 5.91 Å². The van der Waals surface area contributed by atoms with E-state index in [1.807, 2.05) is 13.0 Å². The number of carbonyl (C=O) groups excluding carboxylic acids is 1. The van der Waals surface area contributed by atoms with Crippen LogP contribution in [0.1, 0.15) is 27.2 Å². The molecule has 3 rings (SSSR count). The normalized spacial score (nSPS) is 10.9. The molecule has 0 bridgehead atoms. The highest BCUT2D eigenvalue weighted by molar-refractivity contribution is 6.30. The van der Waals surface area contributed by atoms with Crippen LogP contribution in [0.4, 0.5) is 0 Å². The molecule has 3 aromatic rings. The molecule has 1 heterocycles. The van der Waals surface area contributed by atoms with E-state index in [0.29, 0.717) is 10.4 Å². The summed E-state index contributed by atoms with van der Waals surface area (Å²) in [5, 5.41) is 11.6. The number of aromatic nitrogens is 1. The van der Waals surface area contributed by atoms with Crippen LogP contribution in [0, 0.1) is 6.92 Å². The van der Waals surface area contributed by atoms with Crippen molar-refractivity contribution in [1.29, 1.82) is 0 Å². The number of aromatic amines is 1. The average molecular weight is 372 g/mol. The number of benzene rings is 2. The standard InChI is InChI=1S/C19H18ClN3O3/c1-11-15(16-8-13(19(25)26)5-6-17(16)22-11)9-18(24)23(21)10-12-3-2-4-14(20)7-12/h2-8,22H,9-10,21H2,1H3,(H,25,26). The molecule has 7 heteroatoms. The van der Waals surface area contributed by atoms with Crippen molar-refractivity contribution in [2.45, 2.75) is 19.9 Å². The first-order chi connectivity index (χ1) is 12.3. The van der Waals surface area contributed by atoms with Gasteiger partial charge in [-0.25, -0.2) is 10.6 Å². The van der Waals surface area contributed by atoms with Crippen molar-refractivity contribution in [2.24, 2.45) is 5.84 Å². The Balaban J connectivity index is 1.83. The fourth-order valence-electron chi connectivity index (χ4n) is 2.92. The van der Waals surface area contributed by atoms with Crippen molar-refractivity contribution in [3.63, 3.8) is 0 Å². The van der Waals surface area contributed by atoms with E-state index in [-0.39, 0.29) is 24.4 Å². The van der Waals surface area contributed by atoms with Crippen LogP contribution < -0.4 is 5.84 Å². The molecule has 0 atom stereocenters. The summed E-state index contributed by atoms with van der Waals surface area (Å²) < 4.78 is 0. The van der Waals surface area contributed by atoms with Crippen LogP contribution in [0.2, 0.25) is 5.02 Å². The number of carboxylic acid groups (broad SMARTS) is 1. The molecule has 0 aliphatic heterocycles. The van der Waals surface area contributed by atoms with Gasteiger partial charge >= 0.3 is 5.97 Å². The second-order valence-electron chi connectivity index (χ2n) is 6.12. The van der Waals surface area contributed by atoms with Crippen LogP contribution in [0.15, 0.2) is 42.5 Å². The smallest absolute Gasteiger partial charge is 0.335 e. The molecule has 0 fully saturated rings. The quantitative estimate of drug-likeness (QED) is 0.364. The Kier molecular flexibility index (Phi) is 4.97. The number of hydrogen-bond donors (Lipinski definition) is 3. The summed E-state index contributed by atoms with van der Waals surface area (Å²) >= 11 is 5.95. The molecule has 0 radical (unpaired) electrons. The van der Waals surface area contributed by atoms with E-state index >= 15 is 0 Å². The molecular formula is C19H18ClN3O3. The van der Waals surface area contributed by atoms with Gasteiger partial charge in [-0.2, -0.15) is 0 Å². The van der Waals surface area contributed by atoms with Gasteiger partial charge in [-0.1, -0.05) is 23.7 Å². The van der Waals surface area contributed by atoms with Gasteiger partial charge in [0.1, 0.15) is 0 Å². The van der Waals surface area contributed by atoms with Crippen LogP contribution in [0.3, 0.4) is 0 Å². The van der Waals surface area contributed by atoms with Gasteiger partial charge in [-0.3, -0.25) is 9.80 Å². The Morgan fingerprint density at radius 3 is 2.69 bits per heavy atom. The SMILES string of the molecule is Cc1[nH]c2ccc(C(=O)O)cc2c1CC(=O)N(N)Cc1cccc(Cl)c1. The van der Waals surface area contributed by atoms with Gasteiger partial charge < -0.3 is 10.1 Å². The fraction of sp³-hybridized carbons (Fsp3) is 0.158. The number of hydrazine groups is 1. The van der Waals surface area contributed by atoms with E-state index in [1.54, 1.807) is 30.3 Å². The summed E-state index contributed by atoms with van der Waals surface area (Å²) in [5.74, 6) is 4.65. The van der Waals surface area contributed by atoms with Gasteiger partial charge in [0, 0.05) is 21.6 Å². The Labute approximate surface area is 155 Å². The molecular weight excluding hydrogens is 354 g/mol. The molecule has 4 N–H and O–H groups in total. The molecule has 0 saturated heterocycles. The highest BCUT2D eigenvalue weighted by Gasteiger charge is 2.17. The molecule has 0 aliphatic rings. The second-order valence-corrected chi connectivity index (χ2v) is 6.56. The number of halogens is 1. The second kappa shape index (κ2) is 7.19. The summed E-state index contributed by atoms with van der Waals surface area (Å²) in [5.41, 5.74) is 3.35. The van der Waals surface area contributed by atoms with Gasteiger partial charge in [0.05, 0.1) is 18.5 Å². The number of hydrogen-bond acceptors (Lipinski definition) is 3. The van der Waals surface area contributed by atoms with Crippen LogP contribution in [-0.2, 0) is 17.8 Å². The number of nitrogens with one attached hydrogen (secondary N) is 1. The summed E-state index contributed by atoms with van der Waals surface area (Å²) in [7, 11) is 0. The van der Waals surface area contributed by atoms with Crippen molar-refractivity contribution in [3.05, 3.63) is 69.9 Å². The first-order valence-electron chi connectivity index (χ1n) is 7.99. The molecule has 6 nitrogen and oxygen atoms in total. The molecule has 0 unspecified atom stereocenters. The molecule has 2 aromatic carbocycles. The van der Waals surface area contributed by atoms with E-state index in [9.17, 15) is 14.7 Å². The lowest BCUT2D eigenvalue weighted by molar-refractivity contribution is -0.131. The minimum Gasteiger partial charge on any atom is -0.478 e. The first kappa shape index (κ1) is 18.0. The van der Waals surface area contributed by atoms with Gasteiger partial charge in [-0.15, -0.1) is 0 Å². The number of fused-ring (bicyclic) bond motifs is 1. The van der Waals surface area contributed by atoms with Gasteiger partial charge in [0.25, 0.3) is 0 Å². The predicted molar refractivity (Wildman–Crippen MR) is 99.9 cm³/mol. The zero-order chi connectivity index (χ0) is 18.8. The fourth-order valence-corrected chi connectivity index (χ4v) is 3.13. The number of nitrogens with two attached hydrogens (primary N) is 1. The third-order valence-electron chi connectivity index (χ3n) is 4.26. The largest absolute Gasteiger partial charge is 0.478 e. The number of aromatic carboxylic acids is 1. The first-order valence-corrected chi connectivity index (χ1v) is 8.37. The summed E-state index contributed by atoms with van der Waals surface area (Å²) in [6.07, 6.45) is 0.0754. The number of carbonyl (C=O) groups is 2. The third-order valence-corrected chi connectivity index (χ3v) is 4.49. The van der Waals surface area contributed by atoms with Crippen molar-refractivity contribution in [2.75, 3.05) is 0 Å². The monoisotopic (exact) mass is 371 g/mol. The Hall–Kier alpha value is -2.83. The number of H-pyrrole nitrogens is 1. The minimum absolute atomic E-state index is 0.0754. The molecule has 0 aliphatic carbocycles. The zero-order valence-electron chi connectivity index (χ0n) is 14.1. The third kappa shape index (κ3) is 3.71. The number of aryl methyl sites for hydroxylation is 1. The highest BCUT2D eigenvalue weighted by Crippen LogP contribution is 2.24. The van der Waals surface area contributed by atoms with Crippen LogP contribution in [-0.4, -0.2) is 27.0 Å². The lowest BCUT2D eigenvalue weighted by atomic mass is 10.0. The predicted octanol–water partition coefficient (Wildman–Crippen LogP) is 3.27. The summed E-state index contributed by atoms with van der Waals surface area (Å²) in [4.78, 5) is 26.9. The number of nitrogens with zero attached hydrogens (tertiary/aromatic N) is 1. The van der Waals surface area contributed by atoms with E-state index < -0.39 is 5.97 Å². The summed E-state index contributed by atoms with van der Waals surface area (Å²) in [6.45, 7) is 2.09. The van der Waals surface area contributed by atoms with Crippen LogP contribution in [0.25, 0.3) is 10.9 Å². The maximum atomic E-state index is 12.6. The molecule has 26 heavy (non-hydrogen) atoms. The molecule has 0 saturated carbocycles. The molecule has 1 aromatic heterocycles. The van der Waals surface area contributed by atoms with Crippen LogP contribution >= 0.6 is 11.6 Å². The van der Waals surface area contributed by atoms with Gasteiger partial charge in [0.15, 0.2) is 0 Å². The van der Waals surface area contributed by atoms with Crippen molar-refractivity contribution < 1.29 is 14.7 Å². The number of rotatable bonds is 5. The Morgan fingerprint density at radius 1 is 1.23 bits per heavy atom. The van der Waals surface area contributed by atoms with E-state index in [1.165, 1.54) is 6.07 Å². The zero-order valence-corrected chi connectivity index (χ0v) is 14.9. The maximum absolute atomic E-state index is 12.6. The van der Waals surface area contributed by atoms with E-state index in [4.69, 9.17) is 17.4 Å². The van der Waals surface area contributed by atoms with Crippen molar-refractivity contribution in [3.8, 4) is 0 Å². The van der Waals surface area contributed by atoms with Gasteiger partial charge in [-0.05, 0) is 48.4 Å². The van der Waals surface area contributed by atoms with Crippen molar-refractivity contribution >= 4 is 34.4 Å². The Bertz CT molecular complexity index is 997. The van der Waals surface area contributed by atoms with Crippen molar-refractivity contribution in [1.82, 2.24) is 9.99 Å². The molecule has 1 amide bonds. The highest BCUT2D eigenvalue weighted by atomic mass is 35.5. The lowest BCUT2D eigenvalue weighted by Crippen LogP contribution is -2.37. The average Bonchev–Trinajstić information content (AvgIpc) is 2.89. The summed E-state index contributed by atoms with van der Waals surface area (Å²) in [6, 6.07) is 11.9.